The van der Waals surface area contributed by atoms with Gasteiger partial charge in [-0.25, -0.2) is 0 Å². The van der Waals surface area contributed by atoms with Crippen LogP contribution in [0.25, 0.3) is 0 Å². The van der Waals surface area contributed by atoms with Gasteiger partial charge in [0, 0.05) is 18.3 Å². The summed E-state index contributed by atoms with van der Waals surface area (Å²) >= 11 is 0. The highest BCUT2D eigenvalue weighted by Gasteiger charge is 2.27. The Morgan fingerprint density at radius 1 is 1.44 bits per heavy atom. The molecule has 1 atom stereocenters. The molecule has 0 radical (unpaired) electrons. The van der Waals surface area contributed by atoms with Crippen molar-refractivity contribution in [1.29, 1.82) is 0 Å². The van der Waals surface area contributed by atoms with Crippen LogP contribution in [0.3, 0.4) is 0 Å². The van der Waals surface area contributed by atoms with E-state index in [1.807, 2.05) is 30.5 Å². The molecule has 0 bridgehead atoms. The van der Waals surface area contributed by atoms with Gasteiger partial charge in [0.25, 0.3) is 0 Å². The molecule has 2 rings (SSSR count). The standard InChI is InChI=1S/C14H19NO/c1-14(2)9-11(8-13(16)10-14)7-12-5-3-4-6-15-12/h3-6,8,13,16H,7,9-10H2,1-2H3. The van der Waals surface area contributed by atoms with Gasteiger partial charge < -0.3 is 5.11 Å². The Kier molecular flexibility index (Phi) is 3.10. The second kappa shape index (κ2) is 4.38. The van der Waals surface area contributed by atoms with E-state index in [0.29, 0.717) is 0 Å². The lowest BCUT2D eigenvalue weighted by atomic mass is 9.75. The smallest absolute Gasteiger partial charge is 0.0728 e. The molecule has 0 amide bonds. The SMILES string of the molecule is CC1(C)CC(Cc2ccccn2)=CC(O)C1. The van der Waals surface area contributed by atoms with Crippen molar-refractivity contribution in [2.24, 2.45) is 5.41 Å². The van der Waals surface area contributed by atoms with Gasteiger partial charge in [-0.3, -0.25) is 4.98 Å². The summed E-state index contributed by atoms with van der Waals surface area (Å²) in [4.78, 5) is 4.32. The number of aromatic nitrogens is 1. The van der Waals surface area contributed by atoms with E-state index in [1.165, 1.54) is 5.57 Å². The molecule has 1 aliphatic carbocycles. The third-order valence-electron chi connectivity index (χ3n) is 3.03. The summed E-state index contributed by atoms with van der Waals surface area (Å²) in [5, 5.41) is 9.80. The molecule has 16 heavy (non-hydrogen) atoms. The van der Waals surface area contributed by atoms with Crippen LogP contribution < -0.4 is 0 Å². The summed E-state index contributed by atoms with van der Waals surface area (Å²) in [5.74, 6) is 0. The van der Waals surface area contributed by atoms with E-state index in [0.717, 1.165) is 25.0 Å². The number of aliphatic hydroxyl groups is 1. The van der Waals surface area contributed by atoms with Gasteiger partial charge in [0.05, 0.1) is 6.10 Å². The molecular weight excluding hydrogens is 198 g/mol. The van der Waals surface area contributed by atoms with Crippen LogP contribution in [-0.2, 0) is 6.42 Å². The van der Waals surface area contributed by atoms with Crippen molar-refractivity contribution in [3.63, 3.8) is 0 Å². The van der Waals surface area contributed by atoms with Crippen LogP contribution in [0.4, 0.5) is 0 Å². The first-order valence-corrected chi connectivity index (χ1v) is 5.83. The fourth-order valence-corrected chi connectivity index (χ4v) is 2.50. The summed E-state index contributed by atoms with van der Waals surface area (Å²) < 4.78 is 0. The van der Waals surface area contributed by atoms with Crippen molar-refractivity contribution in [2.75, 3.05) is 0 Å². The van der Waals surface area contributed by atoms with E-state index in [1.54, 1.807) is 0 Å². The van der Waals surface area contributed by atoms with Crippen LogP contribution in [-0.4, -0.2) is 16.2 Å². The molecule has 2 nitrogen and oxygen atoms in total. The number of nitrogens with zero attached hydrogens (tertiary/aromatic N) is 1. The van der Waals surface area contributed by atoms with Crippen LogP contribution in [0, 0.1) is 5.41 Å². The third kappa shape index (κ3) is 2.92. The highest BCUT2D eigenvalue weighted by Crippen LogP contribution is 2.36. The minimum Gasteiger partial charge on any atom is -0.389 e. The van der Waals surface area contributed by atoms with Crippen molar-refractivity contribution in [3.05, 3.63) is 41.7 Å². The Hall–Kier alpha value is -1.15. The summed E-state index contributed by atoms with van der Waals surface area (Å²) in [6.07, 6.45) is 6.31. The third-order valence-corrected chi connectivity index (χ3v) is 3.03. The molecule has 0 saturated carbocycles. The van der Waals surface area contributed by atoms with Gasteiger partial charge in [0.2, 0.25) is 0 Å². The highest BCUT2D eigenvalue weighted by atomic mass is 16.3. The first-order chi connectivity index (χ1) is 7.55. The molecule has 1 heterocycles. The minimum absolute atomic E-state index is 0.207. The van der Waals surface area contributed by atoms with Crippen LogP contribution in [0.15, 0.2) is 36.0 Å². The van der Waals surface area contributed by atoms with E-state index in [2.05, 4.69) is 18.8 Å². The topological polar surface area (TPSA) is 33.1 Å². The van der Waals surface area contributed by atoms with Gasteiger partial charge in [0.15, 0.2) is 0 Å². The summed E-state index contributed by atoms with van der Waals surface area (Å²) in [7, 11) is 0. The summed E-state index contributed by atoms with van der Waals surface area (Å²) in [6.45, 7) is 4.42. The summed E-state index contributed by atoms with van der Waals surface area (Å²) in [6, 6.07) is 5.97. The molecule has 1 aromatic heterocycles. The zero-order valence-electron chi connectivity index (χ0n) is 9.98. The number of hydrogen-bond acceptors (Lipinski definition) is 2. The quantitative estimate of drug-likeness (QED) is 0.773. The molecule has 0 aliphatic heterocycles. The fourth-order valence-electron chi connectivity index (χ4n) is 2.50. The molecule has 1 unspecified atom stereocenters. The molecule has 1 aliphatic rings. The zero-order chi connectivity index (χ0) is 11.6. The van der Waals surface area contributed by atoms with Crippen molar-refractivity contribution >= 4 is 0 Å². The Bertz CT molecular complexity index is 381. The minimum atomic E-state index is -0.289. The van der Waals surface area contributed by atoms with Gasteiger partial charge in [-0.15, -0.1) is 0 Å². The molecule has 86 valence electrons. The van der Waals surface area contributed by atoms with Crippen LogP contribution in [0.2, 0.25) is 0 Å². The molecule has 0 aromatic carbocycles. The fraction of sp³-hybridized carbons (Fsp3) is 0.500. The first-order valence-electron chi connectivity index (χ1n) is 5.83. The lowest BCUT2D eigenvalue weighted by molar-refractivity contribution is 0.138. The molecule has 0 spiro atoms. The number of rotatable bonds is 2. The van der Waals surface area contributed by atoms with Crippen LogP contribution in [0.5, 0.6) is 0 Å². The monoisotopic (exact) mass is 217 g/mol. The number of allylic oxidation sites excluding steroid dienone is 1. The predicted molar refractivity (Wildman–Crippen MR) is 65.0 cm³/mol. The molecule has 1 N–H and O–H groups in total. The number of aliphatic hydroxyl groups excluding tert-OH is 1. The van der Waals surface area contributed by atoms with Crippen molar-refractivity contribution < 1.29 is 5.11 Å². The predicted octanol–water partition coefficient (Wildman–Crippen LogP) is 2.73. The maximum Gasteiger partial charge on any atom is 0.0728 e. The van der Waals surface area contributed by atoms with E-state index in [4.69, 9.17) is 0 Å². The Balaban J connectivity index is 2.11. The second-order valence-corrected chi connectivity index (χ2v) is 5.44. The Morgan fingerprint density at radius 3 is 2.88 bits per heavy atom. The molecule has 2 heteroatoms. The zero-order valence-corrected chi connectivity index (χ0v) is 9.98. The average molecular weight is 217 g/mol. The van der Waals surface area contributed by atoms with Gasteiger partial charge in [-0.05, 0) is 30.4 Å². The van der Waals surface area contributed by atoms with Gasteiger partial charge >= 0.3 is 0 Å². The van der Waals surface area contributed by atoms with Gasteiger partial charge in [-0.1, -0.05) is 31.6 Å². The molecular formula is C14H19NO. The molecule has 0 saturated heterocycles. The lowest BCUT2D eigenvalue weighted by Crippen LogP contribution is -2.25. The van der Waals surface area contributed by atoms with Crippen LogP contribution >= 0.6 is 0 Å². The maximum absolute atomic E-state index is 9.80. The number of hydrogen-bond donors (Lipinski definition) is 1. The normalized spacial score (nSPS) is 23.9. The van der Waals surface area contributed by atoms with E-state index < -0.39 is 0 Å². The lowest BCUT2D eigenvalue weighted by Gasteiger charge is -2.32. The van der Waals surface area contributed by atoms with Gasteiger partial charge in [0.1, 0.15) is 0 Å². The van der Waals surface area contributed by atoms with Crippen molar-refractivity contribution in [3.8, 4) is 0 Å². The molecule has 0 fully saturated rings. The first kappa shape index (κ1) is 11.3. The van der Waals surface area contributed by atoms with E-state index in [-0.39, 0.29) is 11.5 Å². The van der Waals surface area contributed by atoms with Crippen molar-refractivity contribution in [2.45, 2.75) is 39.2 Å². The Morgan fingerprint density at radius 2 is 2.25 bits per heavy atom. The van der Waals surface area contributed by atoms with Crippen molar-refractivity contribution in [1.82, 2.24) is 4.98 Å². The largest absolute Gasteiger partial charge is 0.389 e. The van der Waals surface area contributed by atoms with Crippen LogP contribution in [0.1, 0.15) is 32.4 Å². The van der Waals surface area contributed by atoms with E-state index >= 15 is 0 Å². The molecule has 1 aromatic rings. The maximum atomic E-state index is 9.80. The number of pyridine rings is 1. The Labute approximate surface area is 97.0 Å². The van der Waals surface area contributed by atoms with E-state index in [9.17, 15) is 5.11 Å². The summed E-state index contributed by atoms with van der Waals surface area (Å²) in [5.41, 5.74) is 2.60. The highest BCUT2D eigenvalue weighted by molar-refractivity contribution is 5.20. The average Bonchev–Trinajstić information content (AvgIpc) is 2.15. The van der Waals surface area contributed by atoms with Gasteiger partial charge in [-0.2, -0.15) is 0 Å². The second-order valence-electron chi connectivity index (χ2n) is 5.44.